The van der Waals surface area contributed by atoms with Crippen LogP contribution in [0.5, 0.6) is 0 Å². The molecule has 1 saturated heterocycles. The van der Waals surface area contributed by atoms with E-state index in [1.807, 2.05) is 4.57 Å². The minimum absolute atomic E-state index is 0.0700. The lowest BCUT2D eigenvalue weighted by atomic mass is 10.2. The second kappa shape index (κ2) is 4.10. The lowest BCUT2D eigenvalue weighted by molar-refractivity contribution is -0.0298. The Morgan fingerprint density at radius 1 is 1.38 bits per heavy atom. The van der Waals surface area contributed by atoms with Crippen LogP contribution >= 0.6 is 15.9 Å². The Kier molecular flexibility index (Phi) is 2.61. The summed E-state index contributed by atoms with van der Waals surface area (Å²) in [6.07, 6.45) is 6.92. The Labute approximate surface area is 101 Å². The molecule has 0 aromatic carbocycles. The van der Waals surface area contributed by atoms with Crippen LogP contribution < -0.4 is 0 Å². The summed E-state index contributed by atoms with van der Waals surface area (Å²) in [5.74, 6) is 0. The SMILES string of the molecule is Brc1ncc2ncn(C3CCCCO3)c2n1. The molecule has 84 valence electrons. The van der Waals surface area contributed by atoms with Crippen molar-refractivity contribution in [2.75, 3.05) is 6.61 Å². The molecule has 3 heterocycles. The third-order valence-corrected chi connectivity index (χ3v) is 3.13. The van der Waals surface area contributed by atoms with Crippen molar-refractivity contribution in [3.8, 4) is 0 Å². The van der Waals surface area contributed by atoms with E-state index in [-0.39, 0.29) is 6.23 Å². The highest BCUT2D eigenvalue weighted by atomic mass is 79.9. The number of hydrogen-bond acceptors (Lipinski definition) is 4. The molecule has 0 amide bonds. The number of ether oxygens (including phenoxy) is 1. The maximum Gasteiger partial charge on any atom is 0.198 e. The molecule has 2 aromatic heterocycles. The smallest absolute Gasteiger partial charge is 0.198 e. The molecule has 0 N–H and O–H groups in total. The number of halogens is 1. The maximum atomic E-state index is 5.72. The summed E-state index contributed by atoms with van der Waals surface area (Å²) in [6.45, 7) is 0.816. The summed E-state index contributed by atoms with van der Waals surface area (Å²) in [5, 5.41) is 0. The van der Waals surface area contributed by atoms with Crippen LogP contribution in [-0.4, -0.2) is 26.1 Å². The normalized spacial score (nSPS) is 21.4. The van der Waals surface area contributed by atoms with Gasteiger partial charge in [0, 0.05) is 6.61 Å². The van der Waals surface area contributed by atoms with Gasteiger partial charge < -0.3 is 4.74 Å². The first-order valence-electron chi connectivity index (χ1n) is 5.31. The molecule has 16 heavy (non-hydrogen) atoms. The van der Waals surface area contributed by atoms with Crippen LogP contribution in [0.4, 0.5) is 0 Å². The molecule has 0 aliphatic carbocycles. The molecule has 1 unspecified atom stereocenters. The highest BCUT2D eigenvalue weighted by Crippen LogP contribution is 2.25. The van der Waals surface area contributed by atoms with Crippen molar-refractivity contribution in [1.82, 2.24) is 19.5 Å². The third kappa shape index (κ3) is 1.72. The second-order valence-electron chi connectivity index (χ2n) is 3.82. The van der Waals surface area contributed by atoms with E-state index in [0.29, 0.717) is 4.73 Å². The van der Waals surface area contributed by atoms with Crippen LogP contribution in [0.3, 0.4) is 0 Å². The van der Waals surface area contributed by atoms with Gasteiger partial charge in [0.15, 0.2) is 10.4 Å². The van der Waals surface area contributed by atoms with Crippen molar-refractivity contribution in [3.05, 3.63) is 17.3 Å². The fourth-order valence-electron chi connectivity index (χ4n) is 1.96. The molecule has 1 atom stereocenters. The zero-order valence-electron chi connectivity index (χ0n) is 8.64. The zero-order valence-corrected chi connectivity index (χ0v) is 10.2. The summed E-state index contributed by atoms with van der Waals surface area (Å²) >= 11 is 3.27. The Morgan fingerprint density at radius 2 is 2.31 bits per heavy atom. The van der Waals surface area contributed by atoms with Crippen molar-refractivity contribution in [2.24, 2.45) is 0 Å². The van der Waals surface area contributed by atoms with Gasteiger partial charge in [-0.05, 0) is 35.2 Å². The van der Waals surface area contributed by atoms with E-state index >= 15 is 0 Å². The minimum atomic E-state index is 0.0700. The van der Waals surface area contributed by atoms with Gasteiger partial charge in [0.25, 0.3) is 0 Å². The monoisotopic (exact) mass is 282 g/mol. The van der Waals surface area contributed by atoms with Crippen molar-refractivity contribution in [2.45, 2.75) is 25.5 Å². The van der Waals surface area contributed by atoms with E-state index in [2.05, 4.69) is 30.9 Å². The predicted octanol–water partition coefficient (Wildman–Crippen LogP) is 2.29. The molecule has 1 aliphatic heterocycles. The van der Waals surface area contributed by atoms with Crippen LogP contribution in [-0.2, 0) is 4.74 Å². The summed E-state index contributed by atoms with van der Waals surface area (Å²) < 4.78 is 8.29. The van der Waals surface area contributed by atoms with E-state index in [9.17, 15) is 0 Å². The fraction of sp³-hybridized carbons (Fsp3) is 0.500. The van der Waals surface area contributed by atoms with E-state index in [1.54, 1.807) is 12.5 Å². The summed E-state index contributed by atoms with van der Waals surface area (Å²) in [4.78, 5) is 12.7. The van der Waals surface area contributed by atoms with Crippen molar-refractivity contribution in [3.63, 3.8) is 0 Å². The number of aromatic nitrogens is 4. The lowest BCUT2D eigenvalue weighted by Gasteiger charge is -2.23. The van der Waals surface area contributed by atoms with Gasteiger partial charge in [-0.25, -0.2) is 15.0 Å². The number of rotatable bonds is 1. The first kappa shape index (κ1) is 10.2. The molecule has 6 heteroatoms. The lowest BCUT2D eigenvalue weighted by Crippen LogP contribution is -2.17. The van der Waals surface area contributed by atoms with Gasteiger partial charge >= 0.3 is 0 Å². The van der Waals surface area contributed by atoms with Gasteiger partial charge in [0.1, 0.15) is 11.7 Å². The second-order valence-corrected chi connectivity index (χ2v) is 4.53. The topological polar surface area (TPSA) is 52.8 Å². The van der Waals surface area contributed by atoms with Crippen LogP contribution in [0.1, 0.15) is 25.5 Å². The highest BCUT2D eigenvalue weighted by molar-refractivity contribution is 9.10. The number of imidazole rings is 1. The molecule has 3 rings (SSSR count). The number of nitrogens with zero attached hydrogens (tertiary/aromatic N) is 4. The van der Waals surface area contributed by atoms with Gasteiger partial charge in [0.05, 0.1) is 12.5 Å². The standard InChI is InChI=1S/C10H11BrN4O/c11-10-12-5-7-9(14-10)15(6-13-7)8-3-1-2-4-16-8/h5-6,8H,1-4H2. The maximum absolute atomic E-state index is 5.72. The first-order valence-corrected chi connectivity index (χ1v) is 6.10. The Morgan fingerprint density at radius 3 is 3.12 bits per heavy atom. The van der Waals surface area contributed by atoms with E-state index in [1.165, 1.54) is 6.42 Å². The quantitative estimate of drug-likeness (QED) is 0.753. The summed E-state index contributed by atoms with van der Waals surface area (Å²) in [5.41, 5.74) is 1.63. The van der Waals surface area contributed by atoms with Gasteiger partial charge in [-0.2, -0.15) is 0 Å². The van der Waals surface area contributed by atoms with Gasteiger partial charge in [0.2, 0.25) is 0 Å². The molecule has 0 radical (unpaired) electrons. The molecular weight excluding hydrogens is 272 g/mol. The van der Waals surface area contributed by atoms with Crippen molar-refractivity contribution in [1.29, 1.82) is 0 Å². The highest BCUT2D eigenvalue weighted by Gasteiger charge is 2.18. The average Bonchev–Trinajstić information content (AvgIpc) is 2.73. The zero-order chi connectivity index (χ0) is 11.0. The Bertz CT molecular complexity index is 506. The summed E-state index contributed by atoms with van der Waals surface area (Å²) in [6, 6.07) is 0. The van der Waals surface area contributed by atoms with Crippen LogP contribution in [0.2, 0.25) is 0 Å². The number of hydrogen-bond donors (Lipinski definition) is 0. The molecule has 1 aliphatic rings. The van der Waals surface area contributed by atoms with Crippen LogP contribution in [0, 0.1) is 0 Å². The van der Waals surface area contributed by atoms with E-state index in [0.717, 1.165) is 30.6 Å². The fourth-order valence-corrected chi connectivity index (χ4v) is 2.23. The van der Waals surface area contributed by atoms with Crippen molar-refractivity contribution < 1.29 is 4.74 Å². The average molecular weight is 283 g/mol. The minimum Gasteiger partial charge on any atom is -0.358 e. The molecule has 5 nitrogen and oxygen atoms in total. The largest absolute Gasteiger partial charge is 0.358 e. The molecule has 2 aromatic rings. The van der Waals surface area contributed by atoms with Crippen molar-refractivity contribution >= 4 is 27.1 Å². The summed E-state index contributed by atoms with van der Waals surface area (Å²) in [7, 11) is 0. The molecular formula is C10H11BrN4O. The van der Waals surface area contributed by atoms with Crippen LogP contribution in [0.25, 0.3) is 11.2 Å². The van der Waals surface area contributed by atoms with E-state index < -0.39 is 0 Å². The number of fused-ring (bicyclic) bond motifs is 1. The molecule has 0 saturated carbocycles. The molecule has 0 bridgehead atoms. The van der Waals surface area contributed by atoms with Gasteiger partial charge in [-0.1, -0.05) is 0 Å². The van der Waals surface area contributed by atoms with Crippen LogP contribution in [0.15, 0.2) is 17.3 Å². The molecule has 0 spiro atoms. The first-order chi connectivity index (χ1) is 7.84. The van der Waals surface area contributed by atoms with E-state index in [4.69, 9.17) is 4.74 Å². The van der Waals surface area contributed by atoms with Gasteiger partial charge in [-0.15, -0.1) is 0 Å². The van der Waals surface area contributed by atoms with Gasteiger partial charge in [-0.3, -0.25) is 4.57 Å². The Hall–Kier alpha value is -1.01. The Balaban J connectivity index is 2.05. The molecule has 1 fully saturated rings. The third-order valence-electron chi connectivity index (χ3n) is 2.75. The predicted molar refractivity (Wildman–Crippen MR) is 61.9 cm³/mol.